The molecule has 0 aromatic heterocycles. The molecule has 1 aromatic carbocycles. The molecule has 0 atom stereocenters. The zero-order valence-corrected chi connectivity index (χ0v) is 14.3. The third-order valence-corrected chi connectivity index (χ3v) is 4.18. The first-order chi connectivity index (χ1) is 11.2. The van der Waals surface area contributed by atoms with Crippen molar-refractivity contribution in [3.8, 4) is 5.75 Å². The molecule has 0 amide bonds. The van der Waals surface area contributed by atoms with Crippen LogP contribution in [-0.4, -0.2) is 25.8 Å². The maximum absolute atomic E-state index is 13.0. The number of ether oxygens (including phenoxy) is 1. The maximum Gasteiger partial charge on any atom is 0.418 e. The van der Waals surface area contributed by atoms with Gasteiger partial charge in [0.25, 0.3) is 0 Å². The Morgan fingerprint density at radius 1 is 1.42 bits per heavy atom. The molecular formula is C17H13BrF3NO2. The van der Waals surface area contributed by atoms with Gasteiger partial charge in [-0.25, -0.2) is 0 Å². The molecule has 0 heterocycles. The van der Waals surface area contributed by atoms with Crippen LogP contribution in [-0.2, 0) is 6.42 Å². The van der Waals surface area contributed by atoms with Crippen LogP contribution >= 0.6 is 15.9 Å². The summed E-state index contributed by atoms with van der Waals surface area (Å²) in [6, 6.07) is 3.28. The molecule has 0 saturated heterocycles. The number of ketones is 1. The molecule has 0 unspecified atom stereocenters. The van der Waals surface area contributed by atoms with Gasteiger partial charge in [0.1, 0.15) is 5.75 Å². The fourth-order valence-corrected chi connectivity index (χ4v) is 2.98. The molecule has 0 aliphatic heterocycles. The van der Waals surface area contributed by atoms with Gasteiger partial charge >= 0.3 is 6.18 Å². The lowest BCUT2D eigenvalue weighted by Crippen LogP contribution is -2.12. The lowest BCUT2D eigenvalue weighted by atomic mass is 10.1. The van der Waals surface area contributed by atoms with Crippen molar-refractivity contribution in [2.45, 2.75) is 12.6 Å². The SMILES string of the molecule is C=C/C(=C(/C=C1\Cc2cc(Br)c(OC)cc2C1=O)N=C)C(F)(F)F. The molecule has 1 aromatic rings. The zero-order valence-electron chi connectivity index (χ0n) is 12.7. The molecule has 3 nitrogen and oxygen atoms in total. The van der Waals surface area contributed by atoms with Gasteiger partial charge in [-0.05, 0) is 46.4 Å². The van der Waals surface area contributed by atoms with Gasteiger partial charge in [0.15, 0.2) is 5.78 Å². The van der Waals surface area contributed by atoms with Crippen molar-refractivity contribution in [1.82, 2.24) is 0 Å². The van der Waals surface area contributed by atoms with Gasteiger partial charge < -0.3 is 4.74 Å². The quantitative estimate of drug-likeness (QED) is 0.413. The van der Waals surface area contributed by atoms with Gasteiger partial charge in [-0.15, -0.1) is 0 Å². The van der Waals surface area contributed by atoms with Crippen LogP contribution in [0.5, 0.6) is 5.75 Å². The molecular weight excluding hydrogens is 387 g/mol. The standard InChI is InChI=1S/C17H13BrF3NO2/c1-4-12(17(19,20)21)14(22-2)7-10-5-9-6-13(18)15(24-3)8-11(9)16(10)23/h4,6-8H,1-2,5H2,3H3/b10-7+,14-12+. The largest absolute Gasteiger partial charge is 0.496 e. The Balaban J connectivity index is 2.53. The Morgan fingerprint density at radius 2 is 2.08 bits per heavy atom. The molecule has 0 fully saturated rings. The number of Topliss-reactive ketones (excluding diaryl/α,β-unsaturated/α-hetero) is 1. The van der Waals surface area contributed by atoms with E-state index >= 15 is 0 Å². The number of hydrogen-bond donors (Lipinski definition) is 0. The van der Waals surface area contributed by atoms with Gasteiger partial charge in [0, 0.05) is 17.6 Å². The normalized spacial score (nSPS) is 16.7. The summed E-state index contributed by atoms with van der Waals surface area (Å²) in [5.41, 5.74) is -0.158. The Bertz CT molecular complexity index is 792. The van der Waals surface area contributed by atoms with Crippen LogP contribution in [0.3, 0.4) is 0 Å². The Labute approximate surface area is 145 Å². The predicted molar refractivity (Wildman–Crippen MR) is 89.6 cm³/mol. The zero-order chi connectivity index (χ0) is 18.1. The fourth-order valence-electron chi connectivity index (χ4n) is 2.42. The molecule has 24 heavy (non-hydrogen) atoms. The molecule has 126 valence electrons. The van der Waals surface area contributed by atoms with E-state index in [1.54, 1.807) is 12.1 Å². The van der Waals surface area contributed by atoms with Crippen LogP contribution in [0.2, 0.25) is 0 Å². The van der Waals surface area contributed by atoms with E-state index in [-0.39, 0.29) is 17.8 Å². The van der Waals surface area contributed by atoms with Gasteiger partial charge in [-0.1, -0.05) is 12.7 Å². The number of aliphatic imine (C=N–C) groups is 1. The van der Waals surface area contributed by atoms with Crippen LogP contribution < -0.4 is 4.74 Å². The molecule has 1 aliphatic carbocycles. The number of methoxy groups -OCH3 is 1. The second-order valence-electron chi connectivity index (χ2n) is 4.98. The van der Waals surface area contributed by atoms with Crippen molar-refractivity contribution in [3.63, 3.8) is 0 Å². The number of hydrogen-bond acceptors (Lipinski definition) is 3. The summed E-state index contributed by atoms with van der Waals surface area (Å²) < 4.78 is 44.8. The van der Waals surface area contributed by atoms with E-state index in [2.05, 4.69) is 34.2 Å². The minimum atomic E-state index is -4.63. The van der Waals surface area contributed by atoms with E-state index in [4.69, 9.17) is 4.74 Å². The lowest BCUT2D eigenvalue weighted by Gasteiger charge is -2.09. The van der Waals surface area contributed by atoms with Crippen LogP contribution in [0.4, 0.5) is 13.2 Å². The summed E-state index contributed by atoms with van der Waals surface area (Å²) in [5.74, 6) is 0.116. The third kappa shape index (κ3) is 3.36. The first kappa shape index (κ1) is 18.2. The molecule has 1 aliphatic rings. The third-order valence-electron chi connectivity index (χ3n) is 3.56. The van der Waals surface area contributed by atoms with Gasteiger partial charge in [0.2, 0.25) is 0 Å². The van der Waals surface area contributed by atoms with Crippen molar-refractivity contribution in [1.29, 1.82) is 0 Å². The van der Waals surface area contributed by atoms with Crippen LogP contribution in [0.15, 0.2) is 57.2 Å². The van der Waals surface area contributed by atoms with Crippen LogP contribution in [0.25, 0.3) is 0 Å². The maximum atomic E-state index is 13.0. The number of rotatable bonds is 4. The van der Waals surface area contributed by atoms with Crippen LogP contribution in [0, 0.1) is 0 Å². The Morgan fingerprint density at radius 3 is 2.58 bits per heavy atom. The second kappa shape index (κ2) is 6.76. The smallest absolute Gasteiger partial charge is 0.418 e. The minimum absolute atomic E-state index is 0.205. The highest BCUT2D eigenvalue weighted by atomic mass is 79.9. The monoisotopic (exact) mass is 399 g/mol. The first-order valence-electron chi connectivity index (χ1n) is 6.75. The van der Waals surface area contributed by atoms with Crippen molar-refractivity contribution in [3.05, 3.63) is 63.3 Å². The average molecular weight is 400 g/mol. The predicted octanol–water partition coefficient (Wildman–Crippen LogP) is 4.83. The molecule has 7 heteroatoms. The van der Waals surface area contributed by atoms with E-state index in [9.17, 15) is 18.0 Å². The topological polar surface area (TPSA) is 38.7 Å². The lowest BCUT2D eigenvalue weighted by molar-refractivity contribution is -0.0887. The number of benzene rings is 1. The average Bonchev–Trinajstić information content (AvgIpc) is 2.80. The summed E-state index contributed by atoms with van der Waals surface area (Å²) >= 11 is 3.32. The second-order valence-corrected chi connectivity index (χ2v) is 5.83. The Hall–Kier alpha value is -2.15. The van der Waals surface area contributed by atoms with Crippen molar-refractivity contribution in [2.24, 2.45) is 4.99 Å². The highest BCUT2D eigenvalue weighted by Crippen LogP contribution is 2.36. The minimum Gasteiger partial charge on any atom is -0.496 e. The number of alkyl halides is 3. The number of carbonyl (C=O) groups excluding carboxylic acids is 1. The summed E-state index contributed by atoms with van der Waals surface area (Å²) in [7, 11) is 1.46. The van der Waals surface area contributed by atoms with Gasteiger partial charge in [0.05, 0.1) is 22.9 Å². The number of fused-ring (bicyclic) bond motifs is 1. The molecule has 2 rings (SSSR count). The van der Waals surface area contributed by atoms with E-state index in [0.717, 1.165) is 6.08 Å². The Kier molecular flexibility index (Phi) is 5.13. The molecule has 0 N–H and O–H groups in total. The van der Waals surface area contributed by atoms with Crippen molar-refractivity contribution >= 4 is 28.4 Å². The fraction of sp³-hybridized carbons (Fsp3) is 0.176. The van der Waals surface area contributed by atoms with Gasteiger partial charge in [-0.2, -0.15) is 13.2 Å². The number of allylic oxidation sites excluding steroid dienone is 4. The van der Waals surface area contributed by atoms with E-state index in [1.807, 2.05) is 0 Å². The summed E-state index contributed by atoms with van der Waals surface area (Å²) in [5, 5.41) is 0. The van der Waals surface area contributed by atoms with Crippen LogP contribution in [0.1, 0.15) is 15.9 Å². The molecule has 0 radical (unpaired) electrons. The van der Waals surface area contributed by atoms with Crippen molar-refractivity contribution in [2.75, 3.05) is 7.11 Å². The first-order valence-corrected chi connectivity index (χ1v) is 7.54. The highest BCUT2D eigenvalue weighted by Gasteiger charge is 2.34. The molecule has 0 saturated carbocycles. The molecule has 0 spiro atoms. The highest BCUT2D eigenvalue weighted by molar-refractivity contribution is 9.10. The van der Waals surface area contributed by atoms with E-state index in [1.165, 1.54) is 7.11 Å². The summed E-state index contributed by atoms with van der Waals surface area (Å²) in [6.45, 7) is 6.32. The summed E-state index contributed by atoms with van der Waals surface area (Å²) in [4.78, 5) is 15.9. The molecule has 0 bridgehead atoms. The van der Waals surface area contributed by atoms with Gasteiger partial charge in [-0.3, -0.25) is 9.79 Å². The van der Waals surface area contributed by atoms with E-state index in [0.29, 0.717) is 27.4 Å². The number of halogens is 4. The van der Waals surface area contributed by atoms with E-state index < -0.39 is 17.4 Å². The number of carbonyl (C=O) groups is 1. The summed E-state index contributed by atoms with van der Waals surface area (Å²) in [6.07, 6.45) is -2.65. The number of nitrogens with zero attached hydrogens (tertiary/aromatic N) is 1. The van der Waals surface area contributed by atoms with Crippen molar-refractivity contribution < 1.29 is 22.7 Å².